The van der Waals surface area contributed by atoms with E-state index in [1.807, 2.05) is 12.1 Å². The van der Waals surface area contributed by atoms with Crippen LogP contribution >= 0.6 is 0 Å². The Morgan fingerprint density at radius 2 is 2.30 bits per heavy atom. The zero-order valence-corrected chi connectivity index (χ0v) is 11.9. The van der Waals surface area contributed by atoms with Crippen molar-refractivity contribution in [3.63, 3.8) is 0 Å². The third-order valence-corrected chi connectivity index (χ3v) is 3.21. The third kappa shape index (κ3) is 2.56. The van der Waals surface area contributed by atoms with Crippen molar-refractivity contribution in [3.05, 3.63) is 12.1 Å². The summed E-state index contributed by atoms with van der Waals surface area (Å²) in [5.74, 6) is 0.835. The number of hydrogen-bond acceptors (Lipinski definition) is 7. The Bertz CT molecular complexity index is 598. The van der Waals surface area contributed by atoms with Crippen LogP contribution in [-0.2, 0) is 9.47 Å². The maximum Gasteiger partial charge on any atom is 0.200 e. The first-order valence-corrected chi connectivity index (χ1v) is 6.54. The standard InChI is InChI=1S/C12H18N6O2/c1-12(2)8-17(6-9(20-12)7-19-3)11-5-4-10-13-15-16-18(10)14-11/h4-5,9H,6-8H2,1-3H3. The number of morpholine rings is 1. The molecule has 0 saturated carbocycles. The van der Waals surface area contributed by atoms with E-state index in [-0.39, 0.29) is 11.7 Å². The van der Waals surface area contributed by atoms with E-state index in [4.69, 9.17) is 9.47 Å². The molecule has 0 N–H and O–H groups in total. The number of nitrogens with zero attached hydrogens (tertiary/aromatic N) is 6. The number of ether oxygens (including phenoxy) is 2. The summed E-state index contributed by atoms with van der Waals surface area (Å²) in [5, 5.41) is 15.7. The van der Waals surface area contributed by atoms with Crippen molar-refractivity contribution >= 4 is 11.5 Å². The van der Waals surface area contributed by atoms with Crippen molar-refractivity contribution in [2.24, 2.45) is 0 Å². The predicted octanol–water partition coefficient (Wildman–Crippen LogP) is 0.149. The predicted molar refractivity (Wildman–Crippen MR) is 71.6 cm³/mol. The molecule has 8 nitrogen and oxygen atoms in total. The number of methoxy groups -OCH3 is 1. The lowest BCUT2D eigenvalue weighted by Crippen LogP contribution is -2.54. The van der Waals surface area contributed by atoms with Crippen molar-refractivity contribution in [1.82, 2.24) is 25.3 Å². The zero-order valence-electron chi connectivity index (χ0n) is 11.9. The van der Waals surface area contributed by atoms with Gasteiger partial charge in [-0.25, -0.2) is 0 Å². The lowest BCUT2D eigenvalue weighted by atomic mass is 10.1. The SMILES string of the molecule is COCC1CN(c2ccc3nnnn3n2)CC(C)(C)O1. The summed E-state index contributed by atoms with van der Waals surface area (Å²) in [5.41, 5.74) is 0.383. The Morgan fingerprint density at radius 3 is 3.10 bits per heavy atom. The number of hydrogen-bond donors (Lipinski definition) is 0. The summed E-state index contributed by atoms with van der Waals surface area (Å²) in [6, 6.07) is 3.78. The summed E-state index contributed by atoms with van der Waals surface area (Å²) < 4.78 is 12.6. The summed E-state index contributed by atoms with van der Waals surface area (Å²) in [6.45, 7) is 6.19. The number of rotatable bonds is 3. The number of tetrazole rings is 1. The van der Waals surface area contributed by atoms with E-state index in [1.165, 1.54) is 4.63 Å². The fourth-order valence-electron chi connectivity index (χ4n) is 2.55. The largest absolute Gasteiger partial charge is 0.382 e. The minimum atomic E-state index is -0.251. The highest BCUT2D eigenvalue weighted by atomic mass is 16.5. The molecule has 3 heterocycles. The molecule has 3 rings (SSSR count). The number of fused-ring (bicyclic) bond motifs is 1. The van der Waals surface area contributed by atoms with Crippen LogP contribution in [0.25, 0.3) is 5.65 Å². The van der Waals surface area contributed by atoms with Gasteiger partial charge in [-0.2, -0.15) is 0 Å². The van der Waals surface area contributed by atoms with Gasteiger partial charge in [0, 0.05) is 20.2 Å². The Kier molecular flexibility index (Phi) is 3.27. The molecule has 1 atom stereocenters. The van der Waals surface area contributed by atoms with Crippen molar-refractivity contribution in [1.29, 1.82) is 0 Å². The van der Waals surface area contributed by atoms with Gasteiger partial charge in [-0.3, -0.25) is 0 Å². The molecule has 0 spiro atoms. The molecule has 2 aromatic heterocycles. The lowest BCUT2D eigenvalue weighted by Gasteiger charge is -2.43. The maximum atomic E-state index is 6.00. The molecule has 20 heavy (non-hydrogen) atoms. The second-order valence-corrected chi connectivity index (χ2v) is 5.55. The van der Waals surface area contributed by atoms with E-state index in [2.05, 4.69) is 39.4 Å². The molecule has 0 aromatic carbocycles. The average molecular weight is 278 g/mol. The summed E-state index contributed by atoms with van der Waals surface area (Å²) in [7, 11) is 1.68. The van der Waals surface area contributed by atoms with Crippen LogP contribution < -0.4 is 4.90 Å². The normalized spacial score (nSPS) is 22.4. The molecule has 1 saturated heterocycles. The van der Waals surface area contributed by atoms with Gasteiger partial charge < -0.3 is 14.4 Å². The molecule has 1 aliphatic heterocycles. The second-order valence-electron chi connectivity index (χ2n) is 5.55. The molecule has 0 bridgehead atoms. The maximum absolute atomic E-state index is 6.00. The van der Waals surface area contributed by atoms with Gasteiger partial charge in [-0.1, -0.05) is 0 Å². The van der Waals surface area contributed by atoms with E-state index >= 15 is 0 Å². The lowest BCUT2D eigenvalue weighted by molar-refractivity contribution is -0.106. The molecule has 0 radical (unpaired) electrons. The van der Waals surface area contributed by atoms with Crippen LogP contribution in [0.4, 0.5) is 5.82 Å². The van der Waals surface area contributed by atoms with Gasteiger partial charge in [0.05, 0.1) is 18.3 Å². The Hall–Kier alpha value is -1.80. The van der Waals surface area contributed by atoms with Gasteiger partial charge >= 0.3 is 0 Å². The molecule has 2 aromatic rings. The molecule has 8 heteroatoms. The van der Waals surface area contributed by atoms with Gasteiger partial charge in [0.1, 0.15) is 0 Å². The van der Waals surface area contributed by atoms with Crippen molar-refractivity contribution in [2.45, 2.75) is 25.6 Å². The van der Waals surface area contributed by atoms with E-state index in [1.54, 1.807) is 7.11 Å². The summed E-state index contributed by atoms with van der Waals surface area (Å²) in [4.78, 5) is 2.17. The molecule has 1 fully saturated rings. The fourth-order valence-corrected chi connectivity index (χ4v) is 2.55. The average Bonchev–Trinajstić information content (AvgIpc) is 2.84. The number of aromatic nitrogens is 5. The molecule has 1 aliphatic rings. The minimum absolute atomic E-state index is 0.0233. The van der Waals surface area contributed by atoms with E-state index in [0.717, 1.165) is 18.9 Å². The van der Waals surface area contributed by atoms with E-state index in [9.17, 15) is 0 Å². The first kappa shape index (κ1) is 13.2. The monoisotopic (exact) mass is 278 g/mol. The molecule has 108 valence electrons. The van der Waals surface area contributed by atoms with Gasteiger partial charge in [0.2, 0.25) is 0 Å². The summed E-state index contributed by atoms with van der Waals surface area (Å²) in [6.07, 6.45) is 0.0233. The first-order valence-electron chi connectivity index (χ1n) is 6.54. The second kappa shape index (κ2) is 4.95. The van der Waals surface area contributed by atoms with Crippen LogP contribution in [0.2, 0.25) is 0 Å². The van der Waals surface area contributed by atoms with Crippen LogP contribution in [0.15, 0.2) is 12.1 Å². The molecule has 0 aliphatic carbocycles. The zero-order chi connectivity index (χ0) is 14.2. The fraction of sp³-hybridized carbons (Fsp3) is 0.667. The van der Waals surface area contributed by atoms with Crippen molar-refractivity contribution in [2.75, 3.05) is 31.7 Å². The van der Waals surface area contributed by atoms with Crippen molar-refractivity contribution < 1.29 is 9.47 Å². The van der Waals surface area contributed by atoms with E-state index < -0.39 is 0 Å². The topological polar surface area (TPSA) is 77.7 Å². The van der Waals surface area contributed by atoms with Gasteiger partial charge in [0.15, 0.2) is 11.5 Å². The van der Waals surface area contributed by atoms with Crippen molar-refractivity contribution in [3.8, 4) is 0 Å². The van der Waals surface area contributed by atoms with Crippen LogP contribution in [0.3, 0.4) is 0 Å². The van der Waals surface area contributed by atoms with Crippen LogP contribution in [-0.4, -0.2) is 63.8 Å². The third-order valence-electron chi connectivity index (χ3n) is 3.21. The van der Waals surface area contributed by atoms with Crippen LogP contribution in [0.5, 0.6) is 0 Å². The van der Waals surface area contributed by atoms with Crippen LogP contribution in [0.1, 0.15) is 13.8 Å². The smallest absolute Gasteiger partial charge is 0.200 e. The molecular formula is C12H18N6O2. The highest BCUT2D eigenvalue weighted by molar-refractivity contribution is 5.45. The minimum Gasteiger partial charge on any atom is -0.382 e. The van der Waals surface area contributed by atoms with Crippen LogP contribution in [0, 0.1) is 0 Å². The highest BCUT2D eigenvalue weighted by Crippen LogP contribution is 2.24. The Labute approximate surface area is 116 Å². The van der Waals surface area contributed by atoms with Gasteiger partial charge in [-0.05, 0) is 36.4 Å². The Morgan fingerprint density at radius 1 is 1.45 bits per heavy atom. The van der Waals surface area contributed by atoms with E-state index in [0.29, 0.717) is 12.3 Å². The summed E-state index contributed by atoms with van der Waals surface area (Å²) >= 11 is 0. The Balaban J connectivity index is 1.87. The van der Waals surface area contributed by atoms with Gasteiger partial charge in [0.25, 0.3) is 0 Å². The highest BCUT2D eigenvalue weighted by Gasteiger charge is 2.34. The quantitative estimate of drug-likeness (QED) is 0.790. The molecular weight excluding hydrogens is 260 g/mol. The molecule has 0 amide bonds. The van der Waals surface area contributed by atoms with Gasteiger partial charge in [-0.15, -0.1) is 14.8 Å². The first-order chi connectivity index (χ1) is 9.57. The number of anilines is 1. The molecule has 1 unspecified atom stereocenters.